The Morgan fingerprint density at radius 3 is 2.92 bits per heavy atom. The van der Waals surface area contributed by atoms with Crippen molar-refractivity contribution in [1.29, 1.82) is 0 Å². The number of aromatic nitrogens is 3. The summed E-state index contributed by atoms with van der Waals surface area (Å²) in [6.45, 7) is 0.354. The van der Waals surface area contributed by atoms with Crippen LogP contribution >= 0.6 is 11.3 Å². The van der Waals surface area contributed by atoms with Gasteiger partial charge in [0.15, 0.2) is 0 Å². The van der Waals surface area contributed by atoms with E-state index in [1.165, 1.54) is 17.4 Å². The van der Waals surface area contributed by atoms with E-state index in [4.69, 9.17) is 0 Å². The fourth-order valence-corrected chi connectivity index (χ4v) is 3.47. The van der Waals surface area contributed by atoms with E-state index in [1.807, 2.05) is 18.3 Å². The molecule has 0 aliphatic carbocycles. The summed E-state index contributed by atoms with van der Waals surface area (Å²) in [7, 11) is 0. The van der Waals surface area contributed by atoms with Crippen LogP contribution in [0.15, 0.2) is 61.3 Å². The van der Waals surface area contributed by atoms with Gasteiger partial charge >= 0.3 is 0 Å². The zero-order valence-corrected chi connectivity index (χ0v) is 13.8. The van der Waals surface area contributed by atoms with E-state index in [-0.39, 0.29) is 11.7 Å². The molecular formula is C18H13FN4OS. The van der Waals surface area contributed by atoms with Crippen molar-refractivity contribution in [1.82, 2.24) is 19.9 Å². The van der Waals surface area contributed by atoms with Crippen molar-refractivity contribution in [3.8, 4) is 5.82 Å². The number of nitrogens with one attached hydrogen (secondary N) is 1. The summed E-state index contributed by atoms with van der Waals surface area (Å²) in [6.07, 6.45) is 6.87. The number of nitrogens with zero attached hydrogens (tertiary/aromatic N) is 3. The lowest BCUT2D eigenvalue weighted by Crippen LogP contribution is -2.21. The summed E-state index contributed by atoms with van der Waals surface area (Å²) < 4.78 is 16.3. The highest BCUT2D eigenvalue weighted by Gasteiger charge is 2.12. The summed E-state index contributed by atoms with van der Waals surface area (Å²) in [4.78, 5) is 21.1. The van der Waals surface area contributed by atoms with Crippen molar-refractivity contribution >= 4 is 27.3 Å². The lowest BCUT2D eigenvalue weighted by atomic mass is 10.2. The Hall–Kier alpha value is -3.06. The number of hydrogen-bond acceptors (Lipinski definition) is 4. The van der Waals surface area contributed by atoms with Gasteiger partial charge in [-0.25, -0.2) is 14.4 Å². The lowest BCUT2D eigenvalue weighted by molar-refractivity contribution is 0.0955. The minimum absolute atomic E-state index is 0.223. The first-order valence-corrected chi connectivity index (χ1v) is 8.42. The Labute approximate surface area is 146 Å². The van der Waals surface area contributed by atoms with E-state index in [9.17, 15) is 9.18 Å². The van der Waals surface area contributed by atoms with Crippen molar-refractivity contribution in [2.45, 2.75) is 6.54 Å². The highest BCUT2D eigenvalue weighted by molar-refractivity contribution is 7.20. The first-order valence-electron chi connectivity index (χ1n) is 7.60. The molecule has 0 saturated heterocycles. The van der Waals surface area contributed by atoms with Crippen LogP contribution in [0.3, 0.4) is 0 Å². The summed E-state index contributed by atoms with van der Waals surface area (Å²) in [5.41, 5.74) is 0.879. The topological polar surface area (TPSA) is 59.8 Å². The molecule has 1 aromatic carbocycles. The molecule has 0 atom stereocenters. The number of hydrogen-bond donors (Lipinski definition) is 1. The lowest BCUT2D eigenvalue weighted by Gasteiger charge is -2.05. The normalized spacial score (nSPS) is 10.9. The summed E-state index contributed by atoms with van der Waals surface area (Å²) in [5, 5.41) is 3.32. The summed E-state index contributed by atoms with van der Waals surface area (Å²) >= 11 is 1.28. The number of amides is 1. The van der Waals surface area contributed by atoms with Crippen molar-refractivity contribution in [2.24, 2.45) is 0 Å². The number of rotatable bonds is 4. The van der Waals surface area contributed by atoms with Crippen LogP contribution in [0.5, 0.6) is 0 Å². The molecule has 124 valence electrons. The van der Waals surface area contributed by atoms with Crippen molar-refractivity contribution < 1.29 is 9.18 Å². The number of pyridine rings is 1. The van der Waals surface area contributed by atoms with Crippen molar-refractivity contribution in [3.63, 3.8) is 0 Å². The number of carbonyl (C=O) groups is 1. The number of halogens is 1. The molecule has 7 heteroatoms. The Morgan fingerprint density at radius 1 is 1.28 bits per heavy atom. The monoisotopic (exact) mass is 352 g/mol. The zero-order chi connectivity index (χ0) is 17.2. The van der Waals surface area contributed by atoms with E-state index >= 15 is 0 Å². The van der Waals surface area contributed by atoms with Gasteiger partial charge in [-0.1, -0.05) is 12.1 Å². The summed E-state index contributed by atoms with van der Waals surface area (Å²) in [5.74, 6) is 0.221. The molecule has 0 saturated carbocycles. The molecular weight excluding hydrogens is 339 g/mol. The molecule has 1 N–H and O–H groups in total. The van der Waals surface area contributed by atoms with Crippen LogP contribution in [-0.2, 0) is 6.54 Å². The Bertz CT molecular complexity index is 1030. The van der Waals surface area contributed by atoms with Crippen LogP contribution < -0.4 is 5.32 Å². The highest BCUT2D eigenvalue weighted by Crippen LogP contribution is 2.27. The largest absolute Gasteiger partial charge is 0.347 e. The van der Waals surface area contributed by atoms with Crippen LogP contribution in [0.2, 0.25) is 0 Å². The minimum Gasteiger partial charge on any atom is -0.347 e. The van der Waals surface area contributed by atoms with Gasteiger partial charge in [-0.2, -0.15) is 0 Å². The van der Waals surface area contributed by atoms with E-state index in [0.717, 1.165) is 16.1 Å². The summed E-state index contributed by atoms with van der Waals surface area (Å²) in [6, 6.07) is 10.2. The van der Waals surface area contributed by atoms with Crippen LogP contribution in [0.1, 0.15) is 15.2 Å². The maximum Gasteiger partial charge on any atom is 0.261 e. The van der Waals surface area contributed by atoms with Gasteiger partial charge < -0.3 is 5.32 Å². The number of fused-ring (bicyclic) bond motifs is 1. The van der Waals surface area contributed by atoms with Gasteiger partial charge in [-0.15, -0.1) is 11.3 Å². The van der Waals surface area contributed by atoms with Crippen molar-refractivity contribution in [3.05, 3.63) is 77.6 Å². The van der Waals surface area contributed by atoms with E-state index in [2.05, 4.69) is 15.3 Å². The second kappa shape index (κ2) is 6.45. The van der Waals surface area contributed by atoms with Crippen LogP contribution in [0.4, 0.5) is 4.39 Å². The molecule has 3 aromatic heterocycles. The molecule has 0 aliphatic heterocycles. The van der Waals surface area contributed by atoms with E-state index in [0.29, 0.717) is 16.8 Å². The van der Waals surface area contributed by atoms with Crippen molar-refractivity contribution in [2.75, 3.05) is 0 Å². The maximum absolute atomic E-state index is 13.7. The Morgan fingerprint density at radius 2 is 2.20 bits per heavy atom. The molecule has 1 amide bonds. The van der Waals surface area contributed by atoms with Gasteiger partial charge in [0, 0.05) is 35.2 Å². The minimum atomic E-state index is -0.313. The molecule has 0 fully saturated rings. The Kier molecular flexibility index (Phi) is 3.99. The smallest absolute Gasteiger partial charge is 0.261 e. The second-order valence-electron chi connectivity index (χ2n) is 5.44. The average molecular weight is 352 g/mol. The molecule has 4 aromatic rings. The number of carbonyl (C=O) groups excluding carboxylic acids is 1. The quantitative estimate of drug-likeness (QED) is 0.611. The molecule has 5 nitrogen and oxygen atoms in total. The first-order chi connectivity index (χ1) is 12.2. The second-order valence-corrected chi connectivity index (χ2v) is 6.52. The molecule has 4 rings (SSSR count). The molecule has 0 unspecified atom stereocenters. The van der Waals surface area contributed by atoms with Crippen LogP contribution in [-0.4, -0.2) is 20.4 Å². The molecule has 0 spiro atoms. The first kappa shape index (κ1) is 15.5. The van der Waals surface area contributed by atoms with Crippen LogP contribution in [0, 0.1) is 5.82 Å². The standard InChI is InChI=1S/C18H13FN4OS/c19-14-2-1-3-15-13(14)8-16(25-15)18(24)22-10-12-4-5-17(21-9-12)23-7-6-20-11-23/h1-9,11H,10H2,(H,22,24). The maximum atomic E-state index is 13.7. The molecule has 25 heavy (non-hydrogen) atoms. The van der Waals surface area contributed by atoms with E-state index in [1.54, 1.807) is 41.5 Å². The molecule has 0 aliphatic rings. The van der Waals surface area contributed by atoms with Gasteiger partial charge in [0.05, 0.1) is 4.88 Å². The zero-order valence-electron chi connectivity index (χ0n) is 13.0. The predicted octanol–water partition coefficient (Wildman–Crippen LogP) is 3.55. The van der Waals surface area contributed by atoms with Gasteiger partial charge in [0.1, 0.15) is 18.0 Å². The highest BCUT2D eigenvalue weighted by atomic mass is 32.1. The Balaban J connectivity index is 1.45. The molecule has 0 radical (unpaired) electrons. The number of imidazole rings is 1. The third-order valence-corrected chi connectivity index (χ3v) is 4.86. The number of benzene rings is 1. The number of thiophene rings is 1. The van der Waals surface area contributed by atoms with Gasteiger partial charge in [-0.05, 0) is 29.8 Å². The average Bonchev–Trinajstić information content (AvgIpc) is 3.30. The van der Waals surface area contributed by atoms with Gasteiger partial charge in [-0.3, -0.25) is 9.36 Å². The van der Waals surface area contributed by atoms with E-state index < -0.39 is 0 Å². The van der Waals surface area contributed by atoms with Gasteiger partial charge in [0.2, 0.25) is 0 Å². The fourth-order valence-electron chi connectivity index (χ4n) is 2.48. The third kappa shape index (κ3) is 3.14. The fraction of sp³-hybridized carbons (Fsp3) is 0.0556. The van der Waals surface area contributed by atoms with Gasteiger partial charge in [0.25, 0.3) is 5.91 Å². The van der Waals surface area contributed by atoms with Crippen LogP contribution in [0.25, 0.3) is 15.9 Å². The molecule has 3 heterocycles. The SMILES string of the molecule is O=C(NCc1ccc(-n2ccnc2)nc1)c1cc2c(F)cccc2s1. The third-order valence-electron chi connectivity index (χ3n) is 3.76. The predicted molar refractivity (Wildman–Crippen MR) is 94.3 cm³/mol. The molecule has 0 bridgehead atoms.